The van der Waals surface area contributed by atoms with Crippen molar-refractivity contribution in [1.82, 2.24) is 17.9 Å². The molecule has 0 spiro atoms. The van der Waals surface area contributed by atoms with Crippen LogP contribution < -0.4 is 38.5 Å². The zero-order valence-corrected chi connectivity index (χ0v) is 38.2. The van der Waals surface area contributed by atoms with Crippen LogP contribution in [0.4, 0.5) is 0 Å². The Morgan fingerprint density at radius 3 is 1.47 bits per heavy atom. The van der Waals surface area contributed by atoms with Crippen molar-refractivity contribution in [3.05, 3.63) is 204 Å². The normalized spacial score (nSPS) is 13.3. The van der Waals surface area contributed by atoms with E-state index in [1.807, 2.05) is 0 Å². The van der Waals surface area contributed by atoms with E-state index in [0.717, 1.165) is 72.2 Å². The van der Waals surface area contributed by atoms with E-state index in [4.69, 9.17) is 0 Å². The van der Waals surface area contributed by atoms with Crippen molar-refractivity contribution in [1.29, 1.82) is 0 Å². The summed E-state index contributed by atoms with van der Waals surface area (Å²) in [6.07, 6.45) is 0. The molecule has 316 valence electrons. The van der Waals surface area contributed by atoms with E-state index in [1.54, 1.807) is 0 Å². The van der Waals surface area contributed by atoms with Crippen molar-refractivity contribution >= 4 is 79.4 Å². The van der Waals surface area contributed by atoms with E-state index in [9.17, 15) is 0 Å². The summed E-state index contributed by atoms with van der Waals surface area (Å²) in [6.45, 7) is 13.9. The Morgan fingerprint density at radius 1 is 0.439 bits per heavy atom. The SMILES string of the molecule is CC(C)(C)c1cc(C(C)(C)C)c2c3c1B(c1ccccc1)c1c(-c4ccccc4)c(-c4ccccc4)n4c(=O)n5c6c7ccccc7n(-c7ccccc7)c6c(c5n-3c14)B2c1ccccc1. The molecule has 5 nitrogen and oxygen atoms in total. The minimum absolute atomic E-state index is 0.0701. The molecule has 0 bridgehead atoms. The Bertz CT molecular complexity index is 3830. The summed E-state index contributed by atoms with van der Waals surface area (Å²) in [4.78, 5) is 16.8. The van der Waals surface area contributed by atoms with Crippen molar-refractivity contribution in [3.8, 4) is 33.8 Å². The fraction of sp³-hybridized carbons (Fsp3) is 0.136. The predicted molar refractivity (Wildman–Crippen MR) is 279 cm³/mol. The van der Waals surface area contributed by atoms with Gasteiger partial charge in [0.15, 0.2) is 0 Å². The first-order valence-corrected chi connectivity index (χ1v) is 23.3. The highest BCUT2D eigenvalue weighted by molar-refractivity contribution is 7.03. The average molecular weight is 851 g/mol. The molecule has 0 atom stereocenters. The van der Waals surface area contributed by atoms with Gasteiger partial charge in [-0.25, -0.2) is 13.6 Å². The lowest BCUT2D eigenvalue weighted by Gasteiger charge is -2.41. The minimum Gasteiger partial charge on any atom is -0.308 e. The standard InChI is InChI=1S/C59H48B2N4O/c1-58(2,3)43-36-44(59(4,5)6)48-53-47(43)60(39-28-16-9-17-29-39)49-46(37-24-12-7-13-25-37)51(38-26-14-8-15-27-38)64-55(49)63(53)56-50(61(48)40-30-18-10-19-31-40)54-52(65(56)57(64)66)42-34-22-23-35-45(42)62(54)41-32-20-11-21-33-41/h7-36H,1-6H3. The maximum Gasteiger partial charge on any atom is 0.340 e. The first-order valence-electron chi connectivity index (χ1n) is 23.3. The summed E-state index contributed by atoms with van der Waals surface area (Å²) < 4.78 is 9.21. The summed E-state index contributed by atoms with van der Waals surface area (Å²) in [5, 5.41) is 1.04. The molecule has 0 aliphatic carbocycles. The minimum atomic E-state index is -0.247. The van der Waals surface area contributed by atoms with Crippen LogP contribution in [0.5, 0.6) is 0 Å². The maximum absolute atomic E-state index is 16.8. The van der Waals surface area contributed by atoms with Crippen LogP contribution in [0.25, 0.3) is 67.0 Å². The Balaban J connectivity index is 1.42. The molecule has 2 aliphatic heterocycles. The predicted octanol–water partition coefficient (Wildman–Crippen LogP) is 9.03. The second kappa shape index (κ2) is 13.8. The summed E-state index contributed by atoms with van der Waals surface area (Å²) in [6, 6.07) is 65.6. The molecule has 2 aliphatic rings. The van der Waals surface area contributed by atoms with Gasteiger partial charge in [-0.1, -0.05) is 216 Å². The van der Waals surface area contributed by atoms with E-state index in [-0.39, 0.29) is 29.9 Å². The van der Waals surface area contributed by atoms with E-state index >= 15 is 4.79 Å². The number of aromatic nitrogens is 4. The molecule has 4 aromatic heterocycles. The number of para-hydroxylation sites is 2. The van der Waals surface area contributed by atoms with E-state index < -0.39 is 0 Å². The third-order valence-electron chi connectivity index (χ3n) is 14.5. The second-order valence-electron chi connectivity index (χ2n) is 20.4. The fourth-order valence-corrected chi connectivity index (χ4v) is 12.0. The smallest absolute Gasteiger partial charge is 0.308 e. The van der Waals surface area contributed by atoms with E-state index in [0.29, 0.717) is 0 Å². The van der Waals surface area contributed by atoms with Gasteiger partial charge in [0.1, 0.15) is 11.3 Å². The van der Waals surface area contributed by atoms with Crippen LogP contribution in [0.15, 0.2) is 187 Å². The van der Waals surface area contributed by atoms with Gasteiger partial charge in [0.2, 0.25) is 6.71 Å². The third-order valence-corrected chi connectivity index (χ3v) is 14.5. The van der Waals surface area contributed by atoms with E-state index in [1.165, 1.54) is 38.7 Å². The van der Waals surface area contributed by atoms with Gasteiger partial charge >= 0.3 is 5.69 Å². The molecule has 0 unspecified atom stereocenters. The number of benzene rings is 7. The molecule has 11 aromatic rings. The van der Waals surface area contributed by atoms with Crippen LogP contribution in [0.3, 0.4) is 0 Å². The van der Waals surface area contributed by atoms with Crippen LogP contribution in [0.2, 0.25) is 0 Å². The Kier molecular flexibility index (Phi) is 8.11. The topological polar surface area (TPSA) is 35.8 Å². The molecule has 0 fully saturated rings. The Morgan fingerprint density at radius 2 is 0.909 bits per heavy atom. The van der Waals surface area contributed by atoms with Gasteiger partial charge in [0, 0.05) is 22.3 Å². The second-order valence-corrected chi connectivity index (χ2v) is 20.4. The van der Waals surface area contributed by atoms with Gasteiger partial charge < -0.3 is 4.57 Å². The highest BCUT2D eigenvalue weighted by atomic mass is 16.1. The molecule has 7 heteroatoms. The monoisotopic (exact) mass is 850 g/mol. The maximum atomic E-state index is 16.8. The molecule has 0 saturated heterocycles. The number of rotatable bonds is 5. The van der Waals surface area contributed by atoms with E-state index in [2.05, 4.69) is 241 Å². The highest BCUT2D eigenvalue weighted by Gasteiger charge is 2.50. The van der Waals surface area contributed by atoms with Gasteiger partial charge in [-0.15, -0.1) is 0 Å². The van der Waals surface area contributed by atoms with Gasteiger partial charge in [-0.3, -0.25) is 4.57 Å². The highest BCUT2D eigenvalue weighted by Crippen LogP contribution is 2.42. The summed E-state index contributed by atoms with van der Waals surface area (Å²) in [5.41, 5.74) is 20.7. The van der Waals surface area contributed by atoms with Crippen LogP contribution in [-0.4, -0.2) is 31.4 Å². The largest absolute Gasteiger partial charge is 0.340 e. The first-order chi connectivity index (χ1) is 32.0. The lowest BCUT2D eigenvalue weighted by molar-refractivity contribution is 0.573. The summed E-state index contributed by atoms with van der Waals surface area (Å²) in [7, 11) is 0. The molecular weight excluding hydrogens is 802 g/mol. The molecular formula is C59H48B2N4O. The average Bonchev–Trinajstić information content (AvgIpc) is 3.99. The number of nitrogens with zero attached hydrogens (tertiary/aromatic N) is 4. The van der Waals surface area contributed by atoms with Crippen molar-refractivity contribution in [2.75, 3.05) is 0 Å². The summed E-state index contributed by atoms with van der Waals surface area (Å²) >= 11 is 0. The Hall–Kier alpha value is -7.50. The zero-order valence-electron chi connectivity index (χ0n) is 38.2. The van der Waals surface area contributed by atoms with Crippen LogP contribution >= 0.6 is 0 Å². The van der Waals surface area contributed by atoms with Gasteiger partial charge in [-0.2, -0.15) is 0 Å². The van der Waals surface area contributed by atoms with Gasteiger partial charge in [-0.05, 0) is 73.1 Å². The molecule has 0 N–H and O–H groups in total. The van der Waals surface area contributed by atoms with Crippen molar-refractivity contribution in [3.63, 3.8) is 0 Å². The third kappa shape index (κ3) is 5.17. The quantitative estimate of drug-likeness (QED) is 0.159. The molecule has 6 heterocycles. The number of hydrogen-bond acceptors (Lipinski definition) is 1. The summed E-state index contributed by atoms with van der Waals surface area (Å²) in [5.74, 6) is 0. The van der Waals surface area contributed by atoms with Gasteiger partial charge in [0.05, 0.1) is 22.2 Å². The van der Waals surface area contributed by atoms with Crippen LogP contribution in [0, 0.1) is 0 Å². The van der Waals surface area contributed by atoms with Crippen LogP contribution in [-0.2, 0) is 10.8 Å². The lowest BCUT2D eigenvalue weighted by Crippen LogP contribution is -2.66. The van der Waals surface area contributed by atoms with Crippen molar-refractivity contribution in [2.24, 2.45) is 0 Å². The number of fused-ring (bicyclic) bond motifs is 5. The molecule has 7 aromatic carbocycles. The fourth-order valence-electron chi connectivity index (χ4n) is 12.0. The molecule has 0 saturated carbocycles. The molecule has 66 heavy (non-hydrogen) atoms. The number of hydrogen-bond donors (Lipinski definition) is 0. The van der Waals surface area contributed by atoms with Gasteiger partial charge in [0.25, 0.3) is 6.71 Å². The van der Waals surface area contributed by atoms with Crippen molar-refractivity contribution in [2.45, 2.75) is 52.4 Å². The first kappa shape index (κ1) is 38.9. The molecule has 0 amide bonds. The van der Waals surface area contributed by atoms with Crippen LogP contribution in [0.1, 0.15) is 52.7 Å². The Labute approximate surface area is 385 Å². The van der Waals surface area contributed by atoms with Crippen molar-refractivity contribution < 1.29 is 0 Å². The molecule has 0 radical (unpaired) electrons. The zero-order chi connectivity index (χ0) is 44.8. The lowest BCUT2D eigenvalue weighted by atomic mass is 9.29. The molecule has 13 rings (SSSR count).